The minimum atomic E-state index is -0.373. The second-order valence-corrected chi connectivity index (χ2v) is 6.04. The molecule has 2 aromatic carbocycles. The fraction of sp³-hybridized carbons (Fsp3) is 0.333. The molecule has 2 aliphatic rings. The Morgan fingerprint density at radius 2 is 1.76 bits per heavy atom. The first-order valence-corrected chi connectivity index (χ1v) is 8.37. The summed E-state index contributed by atoms with van der Waals surface area (Å²) in [5.41, 5.74) is 0.851. The van der Waals surface area contributed by atoms with Crippen LogP contribution in [0, 0.1) is 0 Å². The van der Waals surface area contributed by atoms with Gasteiger partial charge in [-0.1, -0.05) is 12.1 Å². The number of nitrogens with zero attached hydrogens (tertiary/aromatic N) is 3. The van der Waals surface area contributed by atoms with E-state index in [-0.39, 0.29) is 17.6 Å². The van der Waals surface area contributed by atoms with Crippen molar-refractivity contribution >= 4 is 22.6 Å². The minimum Gasteiger partial charge on any atom is -0.507 e. The molecule has 2 heterocycles. The number of carbonyl (C=O) groups is 2. The van der Waals surface area contributed by atoms with Gasteiger partial charge in [-0.15, -0.1) is 5.12 Å². The molecule has 0 saturated carbocycles. The number of aromatic hydroxyl groups is 1. The van der Waals surface area contributed by atoms with E-state index in [1.54, 1.807) is 29.4 Å². The van der Waals surface area contributed by atoms with Gasteiger partial charge >= 0.3 is 0 Å². The molecule has 0 radical (unpaired) electrons. The van der Waals surface area contributed by atoms with Gasteiger partial charge in [0.2, 0.25) is 0 Å². The van der Waals surface area contributed by atoms with Crippen molar-refractivity contribution in [1.82, 2.24) is 15.1 Å². The van der Waals surface area contributed by atoms with E-state index in [2.05, 4.69) is 0 Å². The lowest BCUT2D eigenvalue weighted by Gasteiger charge is -2.43. The Balaban J connectivity index is 1.83. The predicted molar refractivity (Wildman–Crippen MR) is 90.9 cm³/mol. The zero-order valence-corrected chi connectivity index (χ0v) is 13.9. The van der Waals surface area contributed by atoms with Gasteiger partial charge < -0.3 is 9.84 Å². The van der Waals surface area contributed by atoms with Crippen molar-refractivity contribution in [2.75, 3.05) is 32.8 Å². The van der Waals surface area contributed by atoms with Gasteiger partial charge in [0.25, 0.3) is 11.8 Å². The lowest BCUT2D eigenvalue weighted by molar-refractivity contribution is -0.167. The average Bonchev–Trinajstić information content (AvgIpc) is 2.65. The molecule has 1 saturated heterocycles. The number of phenols is 1. The maximum atomic E-state index is 13.1. The van der Waals surface area contributed by atoms with Crippen LogP contribution in [0.4, 0.5) is 0 Å². The highest BCUT2D eigenvalue weighted by Gasteiger charge is 2.39. The molecule has 7 nitrogen and oxygen atoms in total. The Labute approximate surface area is 144 Å². The van der Waals surface area contributed by atoms with Crippen molar-refractivity contribution in [2.45, 2.75) is 6.92 Å². The lowest BCUT2D eigenvalue weighted by atomic mass is 9.94. The molecule has 25 heavy (non-hydrogen) atoms. The summed E-state index contributed by atoms with van der Waals surface area (Å²) in [7, 11) is 0. The van der Waals surface area contributed by atoms with Crippen LogP contribution in [0.2, 0.25) is 0 Å². The number of hydrazine groups is 2. The van der Waals surface area contributed by atoms with Gasteiger partial charge in [0.15, 0.2) is 0 Å². The SMILES string of the molecule is CCN(N1CCOCC1)N1C(=O)c2cccc3c(O)ccc(c23)C1=O. The molecule has 0 atom stereocenters. The zero-order chi connectivity index (χ0) is 17.6. The quantitative estimate of drug-likeness (QED) is 0.856. The number of morpholine rings is 1. The standard InChI is InChI=1S/C18H19N3O4/c1-2-20(19-8-10-25-11-9-19)21-17(23)13-5-3-4-12-15(22)7-6-14(16(12)13)18(21)24/h3-7,22H,2,8-11H2,1H3. The van der Waals surface area contributed by atoms with Gasteiger partial charge in [0.05, 0.1) is 24.3 Å². The Hall–Kier alpha value is -2.48. The maximum absolute atomic E-state index is 13.1. The molecule has 7 heteroatoms. The van der Waals surface area contributed by atoms with Crippen LogP contribution in [0.15, 0.2) is 30.3 Å². The molecule has 2 aromatic rings. The second kappa shape index (κ2) is 6.11. The van der Waals surface area contributed by atoms with Crippen LogP contribution in [0.5, 0.6) is 5.75 Å². The Kier molecular flexibility index (Phi) is 3.91. The van der Waals surface area contributed by atoms with E-state index in [4.69, 9.17) is 4.74 Å². The number of carbonyl (C=O) groups excluding carboxylic acids is 2. The molecular formula is C18H19N3O4. The molecule has 4 rings (SSSR count). The van der Waals surface area contributed by atoms with Crippen LogP contribution in [-0.2, 0) is 4.74 Å². The minimum absolute atomic E-state index is 0.0650. The Morgan fingerprint density at radius 3 is 2.44 bits per heavy atom. The molecule has 1 N–H and O–H groups in total. The van der Waals surface area contributed by atoms with Crippen LogP contribution in [-0.4, -0.2) is 64.9 Å². The van der Waals surface area contributed by atoms with E-state index >= 15 is 0 Å². The molecular weight excluding hydrogens is 322 g/mol. The third-order valence-corrected chi connectivity index (χ3v) is 4.69. The van der Waals surface area contributed by atoms with Crippen molar-refractivity contribution < 1.29 is 19.4 Å². The highest BCUT2D eigenvalue weighted by Crippen LogP contribution is 2.35. The zero-order valence-electron chi connectivity index (χ0n) is 13.9. The number of benzene rings is 2. The highest BCUT2D eigenvalue weighted by molar-refractivity contribution is 6.25. The second-order valence-electron chi connectivity index (χ2n) is 6.04. The van der Waals surface area contributed by atoms with E-state index in [1.165, 1.54) is 11.1 Å². The molecule has 0 aromatic heterocycles. The summed E-state index contributed by atoms with van der Waals surface area (Å²) >= 11 is 0. The predicted octanol–water partition coefficient (Wildman–Crippen LogP) is 1.63. The molecule has 130 valence electrons. The summed E-state index contributed by atoms with van der Waals surface area (Å²) in [6.07, 6.45) is 0. The summed E-state index contributed by atoms with van der Waals surface area (Å²) in [5, 5.41) is 16.0. The number of rotatable bonds is 3. The first-order chi connectivity index (χ1) is 12.1. The molecule has 0 bridgehead atoms. The van der Waals surface area contributed by atoms with E-state index in [0.717, 1.165) is 0 Å². The third kappa shape index (κ3) is 2.39. The summed E-state index contributed by atoms with van der Waals surface area (Å²) in [6.45, 7) is 4.76. The van der Waals surface area contributed by atoms with Crippen LogP contribution >= 0.6 is 0 Å². The van der Waals surface area contributed by atoms with Gasteiger partial charge in [-0.2, -0.15) is 5.01 Å². The van der Waals surface area contributed by atoms with Gasteiger partial charge in [0.1, 0.15) is 5.75 Å². The van der Waals surface area contributed by atoms with Crippen molar-refractivity contribution in [3.63, 3.8) is 0 Å². The van der Waals surface area contributed by atoms with Crippen molar-refractivity contribution in [1.29, 1.82) is 0 Å². The lowest BCUT2D eigenvalue weighted by Crippen LogP contribution is -2.61. The number of phenolic OH excluding ortho intramolecular Hbond substituents is 1. The fourth-order valence-electron chi connectivity index (χ4n) is 3.53. The third-order valence-electron chi connectivity index (χ3n) is 4.69. The van der Waals surface area contributed by atoms with Crippen LogP contribution in [0.25, 0.3) is 10.8 Å². The molecule has 0 spiro atoms. The van der Waals surface area contributed by atoms with Crippen molar-refractivity contribution in [3.05, 3.63) is 41.5 Å². The largest absolute Gasteiger partial charge is 0.507 e. The molecule has 2 amide bonds. The summed E-state index contributed by atoms with van der Waals surface area (Å²) in [6, 6.07) is 8.21. The topological polar surface area (TPSA) is 73.3 Å². The Morgan fingerprint density at radius 1 is 1.08 bits per heavy atom. The summed E-state index contributed by atoms with van der Waals surface area (Å²) in [5.74, 6) is -0.681. The normalized spacial score (nSPS) is 18.4. The van der Waals surface area contributed by atoms with Gasteiger partial charge in [-0.05, 0) is 25.1 Å². The first kappa shape index (κ1) is 16.0. The van der Waals surface area contributed by atoms with E-state index < -0.39 is 0 Å². The van der Waals surface area contributed by atoms with E-state index in [0.29, 0.717) is 54.7 Å². The average molecular weight is 341 g/mol. The van der Waals surface area contributed by atoms with Crippen LogP contribution in [0.1, 0.15) is 27.6 Å². The van der Waals surface area contributed by atoms with Gasteiger partial charge in [-0.3, -0.25) is 9.59 Å². The van der Waals surface area contributed by atoms with E-state index in [1.807, 2.05) is 11.9 Å². The maximum Gasteiger partial charge on any atom is 0.277 e. The van der Waals surface area contributed by atoms with Crippen LogP contribution < -0.4 is 0 Å². The van der Waals surface area contributed by atoms with Gasteiger partial charge in [0, 0.05) is 30.4 Å². The number of hydrogen-bond donors (Lipinski definition) is 1. The molecule has 2 aliphatic heterocycles. The molecule has 1 fully saturated rings. The molecule has 0 aliphatic carbocycles. The highest BCUT2D eigenvalue weighted by atomic mass is 16.5. The number of amides is 2. The number of imide groups is 1. The Bertz CT molecular complexity index is 839. The van der Waals surface area contributed by atoms with Crippen molar-refractivity contribution in [2.24, 2.45) is 0 Å². The summed E-state index contributed by atoms with van der Waals surface area (Å²) < 4.78 is 5.37. The molecule has 0 unspecified atom stereocenters. The van der Waals surface area contributed by atoms with E-state index in [9.17, 15) is 14.7 Å². The number of hydrogen-bond acceptors (Lipinski definition) is 6. The summed E-state index contributed by atoms with van der Waals surface area (Å²) in [4.78, 5) is 26.2. The smallest absolute Gasteiger partial charge is 0.277 e. The fourth-order valence-corrected chi connectivity index (χ4v) is 3.53. The first-order valence-electron chi connectivity index (χ1n) is 8.37. The monoisotopic (exact) mass is 341 g/mol. The number of ether oxygens (including phenoxy) is 1. The van der Waals surface area contributed by atoms with Crippen LogP contribution in [0.3, 0.4) is 0 Å². The van der Waals surface area contributed by atoms with Crippen molar-refractivity contribution in [3.8, 4) is 5.75 Å². The van der Waals surface area contributed by atoms with Gasteiger partial charge in [-0.25, -0.2) is 5.01 Å².